The summed E-state index contributed by atoms with van der Waals surface area (Å²) in [6.07, 6.45) is 5.55. The second kappa shape index (κ2) is 11.6. The van der Waals surface area contributed by atoms with Crippen molar-refractivity contribution in [3.63, 3.8) is 0 Å². The van der Waals surface area contributed by atoms with E-state index in [1.54, 1.807) is 38.6 Å². The lowest BCUT2D eigenvalue weighted by Crippen LogP contribution is -2.46. The number of hydrogen-bond donors (Lipinski definition) is 1. The van der Waals surface area contributed by atoms with E-state index in [4.69, 9.17) is 14.2 Å². The highest BCUT2D eigenvalue weighted by molar-refractivity contribution is 6.01. The van der Waals surface area contributed by atoms with Gasteiger partial charge in [0, 0.05) is 54.8 Å². The van der Waals surface area contributed by atoms with Gasteiger partial charge in [-0.05, 0) is 49.1 Å². The quantitative estimate of drug-likeness (QED) is 0.310. The van der Waals surface area contributed by atoms with E-state index in [-0.39, 0.29) is 11.8 Å². The largest absolute Gasteiger partial charge is 0.497 e. The Bertz CT molecular complexity index is 1560. The van der Waals surface area contributed by atoms with Crippen LogP contribution in [-0.2, 0) is 11.4 Å². The monoisotopic (exact) mass is 566 g/mol. The summed E-state index contributed by atoms with van der Waals surface area (Å²) in [5.74, 6) is 1.81. The molecule has 3 heterocycles. The van der Waals surface area contributed by atoms with Crippen LogP contribution in [0.4, 0.5) is 5.69 Å². The smallest absolute Gasteiger partial charge is 0.257 e. The number of benzene rings is 3. The first-order chi connectivity index (χ1) is 20.5. The van der Waals surface area contributed by atoms with Crippen molar-refractivity contribution in [2.75, 3.05) is 38.8 Å². The minimum atomic E-state index is -0.472. The summed E-state index contributed by atoms with van der Waals surface area (Å²) in [5.41, 5.74) is 3.68. The number of anilines is 1. The highest BCUT2D eigenvalue weighted by atomic mass is 16.5. The molecule has 4 aromatic rings. The Morgan fingerprint density at radius 3 is 2.43 bits per heavy atom. The van der Waals surface area contributed by atoms with Gasteiger partial charge in [0.25, 0.3) is 5.91 Å². The maximum Gasteiger partial charge on any atom is 0.257 e. The molecule has 1 aromatic heterocycles. The van der Waals surface area contributed by atoms with Crippen molar-refractivity contribution >= 4 is 17.5 Å². The fraction of sp³-hybridized carbons (Fsp3) is 0.303. The van der Waals surface area contributed by atoms with E-state index in [2.05, 4.69) is 10.2 Å². The molecule has 6 rings (SSSR count). The lowest BCUT2D eigenvalue weighted by Gasteiger charge is -2.38. The second-order valence-electron chi connectivity index (χ2n) is 10.8. The maximum atomic E-state index is 13.8. The summed E-state index contributed by atoms with van der Waals surface area (Å²) in [6, 6.07) is 21.0. The van der Waals surface area contributed by atoms with Gasteiger partial charge >= 0.3 is 0 Å². The highest BCUT2D eigenvalue weighted by Gasteiger charge is 2.49. The van der Waals surface area contributed by atoms with Gasteiger partial charge in [-0.25, -0.2) is 0 Å². The topological polar surface area (TPSA) is 97.0 Å². The van der Waals surface area contributed by atoms with Gasteiger partial charge in [-0.3, -0.25) is 14.7 Å². The van der Waals surface area contributed by atoms with Crippen molar-refractivity contribution in [3.8, 4) is 28.4 Å². The Balaban J connectivity index is 1.14. The van der Waals surface area contributed by atoms with Crippen LogP contribution in [0.25, 0.3) is 11.1 Å². The molecule has 2 saturated heterocycles. The number of amides is 2. The molecule has 1 spiro atoms. The molecule has 9 nitrogen and oxygen atoms in total. The minimum absolute atomic E-state index is 0.0996. The maximum absolute atomic E-state index is 13.8. The van der Waals surface area contributed by atoms with Gasteiger partial charge in [0.2, 0.25) is 5.91 Å². The van der Waals surface area contributed by atoms with Crippen LogP contribution in [-0.4, -0.2) is 60.8 Å². The van der Waals surface area contributed by atoms with Gasteiger partial charge in [-0.15, -0.1) is 0 Å². The molecular formula is C33H34N4O5. The van der Waals surface area contributed by atoms with Crippen LogP contribution in [0.5, 0.6) is 17.2 Å². The van der Waals surface area contributed by atoms with Gasteiger partial charge in [0.1, 0.15) is 23.9 Å². The molecule has 2 amide bonds. The van der Waals surface area contributed by atoms with Crippen LogP contribution < -0.4 is 19.1 Å². The van der Waals surface area contributed by atoms with Crippen molar-refractivity contribution in [1.29, 1.82) is 0 Å². The van der Waals surface area contributed by atoms with E-state index in [0.29, 0.717) is 61.9 Å². The molecule has 0 atom stereocenters. The summed E-state index contributed by atoms with van der Waals surface area (Å²) in [5, 5.41) is 6.86. The van der Waals surface area contributed by atoms with Gasteiger partial charge in [-0.2, -0.15) is 5.10 Å². The number of rotatable bonds is 8. The average molecular weight is 567 g/mol. The molecule has 1 N–H and O–H groups in total. The molecule has 216 valence electrons. The molecule has 0 bridgehead atoms. The Labute approximate surface area is 245 Å². The number of nitrogens with one attached hydrogen (secondary N) is 1. The molecule has 9 heteroatoms. The van der Waals surface area contributed by atoms with Crippen LogP contribution in [0.15, 0.2) is 79.1 Å². The van der Waals surface area contributed by atoms with Gasteiger partial charge < -0.3 is 24.0 Å². The van der Waals surface area contributed by atoms with Crippen LogP contribution in [0.3, 0.4) is 0 Å². The van der Waals surface area contributed by atoms with E-state index in [0.717, 1.165) is 28.8 Å². The van der Waals surface area contributed by atoms with Crippen LogP contribution >= 0.6 is 0 Å². The lowest BCUT2D eigenvalue weighted by atomic mass is 9.77. The third kappa shape index (κ3) is 5.18. The Morgan fingerprint density at radius 1 is 0.929 bits per heavy atom. The first-order valence-corrected chi connectivity index (χ1v) is 14.1. The number of hydrogen-bond acceptors (Lipinski definition) is 6. The molecule has 2 fully saturated rings. The lowest BCUT2D eigenvalue weighted by molar-refractivity contribution is -0.127. The Morgan fingerprint density at radius 2 is 1.71 bits per heavy atom. The minimum Gasteiger partial charge on any atom is -0.497 e. The first kappa shape index (κ1) is 27.4. The average Bonchev–Trinajstić information content (AvgIpc) is 3.69. The third-order valence-corrected chi connectivity index (χ3v) is 8.48. The summed E-state index contributed by atoms with van der Waals surface area (Å²) in [7, 11) is 3.22. The number of H-pyrrole nitrogens is 1. The van der Waals surface area contributed by atoms with Crippen molar-refractivity contribution in [1.82, 2.24) is 15.1 Å². The van der Waals surface area contributed by atoms with Crippen LogP contribution in [0.1, 0.15) is 35.2 Å². The zero-order valence-electron chi connectivity index (χ0n) is 23.8. The van der Waals surface area contributed by atoms with Crippen molar-refractivity contribution in [2.24, 2.45) is 5.41 Å². The highest BCUT2D eigenvalue weighted by Crippen LogP contribution is 2.45. The van der Waals surface area contributed by atoms with Gasteiger partial charge in [0.05, 0.1) is 31.4 Å². The number of likely N-dealkylation sites (tertiary alicyclic amines) is 1. The zero-order chi connectivity index (χ0) is 29.1. The molecule has 0 saturated carbocycles. The normalized spacial score (nSPS) is 16.1. The van der Waals surface area contributed by atoms with E-state index in [1.165, 1.54) is 0 Å². The number of methoxy groups -OCH3 is 2. The predicted octanol–water partition coefficient (Wildman–Crippen LogP) is 5.33. The summed E-state index contributed by atoms with van der Waals surface area (Å²) >= 11 is 0. The number of aromatic amines is 1. The molecule has 0 radical (unpaired) electrons. The van der Waals surface area contributed by atoms with Crippen molar-refractivity contribution in [2.45, 2.75) is 25.9 Å². The number of carbonyl (C=O) groups excluding carboxylic acids is 2. The first-order valence-electron chi connectivity index (χ1n) is 14.1. The second-order valence-corrected chi connectivity index (χ2v) is 10.8. The van der Waals surface area contributed by atoms with Gasteiger partial charge in [0.15, 0.2) is 0 Å². The van der Waals surface area contributed by atoms with Crippen molar-refractivity contribution < 1.29 is 23.8 Å². The molecule has 0 aliphatic carbocycles. The standard InChI is InChI=1S/C33H34N4O5/c1-40-26-9-11-28(30(19-26)42-22-23-6-4-3-5-7-23)31(38)36-15-12-33(13-16-36)14-17-37(32(33)39)25-8-10-27(29(18-25)41-2)24-20-34-35-21-24/h3-11,18-21H,12-17,22H2,1-2H3,(H,34,35). The SMILES string of the molecule is COc1ccc(C(=O)N2CCC3(CC2)CCN(c2ccc(-c4cn[nH]c4)c(OC)c2)C3=O)c(OCc2ccccc2)c1. The van der Waals surface area contributed by atoms with Crippen molar-refractivity contribution in [3.05, 3.63) is 90.3 Å². The number of ether oxygens (including phenoxy) is 3. The fourth-order valence-electron chi connectivity index (χ4n) is 5.98. The number of nitrogens with zero attached hydrogens (tertiary/aromatic N) is 3. The number of aromatic nitrogens is 2. The molecular weight excluding hydrogens is 532 g/mol. The molecule has 42 heavy (non-hydrogen) atoms. The van der Waals surface area contributed by atoms with Crippen LogP contribution in [0.2, 0.25) is 0 Å². The van der Waals surface area contributed by atoms with E-state index in [9.17, 15) is 9.59 Å². The summed E-state index contributed by atoms with van der Waals surface area (Å²) < 4.78 is 17.1. The zero-order valence-corrected chi connectivity index (χ0v) is 23.8. The van der Waals surface area contributed by atoms with E-state index < -0.39 is 5.41 Å². The molecule has 3 aromatic carbocycles. The summed E-state index contributed by atoms with van der Waals surface area (Å²) in [6.45, 7) is 1.99. The summed E-state index contributed by atoms with van der Waals surface area (Å²) in [4.78, 5) is 31.2. The molecule has 2 aliphatic heterocycles. The van der Waals surface area contributed by atoms with E-state index >= 15 is 0 Å². The van der Waals surface area contributed by atoms with Gasteiger partial charge in [-0.1, -0.05) is 30.3 Å². The van der Waals surface area contributed by atoms with E-state index in [1.807, 2.05) is 64.5 Å². The Hall–Kier alpha value is -4.79. The predicted molar refractivity (Wildman–Crippen MR) is 159 cm³/mol. The fourth-order valence-corrected chi connectivity index (χ4v) is 5.98. The third-order valence-electron chi connectivity index (χ3n) is 8.48. The number of carbonyl (C=O) groups is 2. The number of piperidine rings is 1. The van der Waals surface area contributed by atoms with Crippen LogP contribution in [0, 0.1) is 5.41 Å². The molecule has 0 unspecified atom stereocenters. The Kier molecular flexibility index (Phi) is 7.56. The molecule has 2 aliphatic rings.